The van der Waals surface area contributed by atoms with Crippen molar-refractivity contribution >= 4 is 11.6 Å². The molecule has 0 aliphatic rings. The van der Waals surface area contributed by atoms with Crippen LogP contribution in [0.25, 0.3) is 0 Å². The molecule has 0 aliphatic carbocycles. The van der Waals surface area contributed by atoms with Crippen LogP contribution in [0.4, 0.5) is 10.1 Å². The summed E-state index contributed by atoms with van der Waals surface area (Å²) >= 11 is 0. The maximum atomic E-state index is 13.9. The number of carbonyl (C=O) groups is 1. The number of rotatable bonds is 4. The Morgan fingerprint density at radius 3 is 2.58 bits per heavy atom. The van der Waals surface area contributed by atoms with Gasteiger partial charge in [-0.1, -0.05) is 12.2 Å². The molecule has 0 N–H and O–H groups in total. The highest BCUT2D eigenvalue weighted by atomic mass is 19.1. The van der Waals surface area contributed by atoms with E-state index in [0.717, 1.165) is 17.7 Å². The van der Waals surface area contributed by atoms with Gasteiger partial charge in [0.1, 0.15) is 5.82 Å². The molecule has 0 spiro atoms. The van der Waals surface area contributed by atoms with E-state index in [2.05, 4.69) is 6.58 Å². The van der Waals surface area contributed by atoms with E-state index in [4.69, 9.17) is 0 Å². The molecule has 1 rings (SSSR count). The highest BCUT2D eigenvalue weighted by Crippen LogP contribution is 2.22. The van der Waals surface area contributed by atoms with E-state index in [1.165, 1.54) is 18.9 Å². The molecule has 0 atom stereocenters. The minimum atomic E-state index is -0.732. The molecule has 0 aromatic heterocycles. The quantitative estimate of drug-likeness (QED) is 0.478. The first-order chi connectivity index (χ1) is 8.73. The first-order valence-electron chi connectivity index (χ1n) is 5.58. The number of carbonyl (C=O) groups excluding carboxylic acids is 1. The summed E-state index contributed by atoms with van der Waals surface area (Å²) in [6.45, 7) is 7.05. The molecule has 1 amide bonds. The van der Waals surface area contributed by atoms with Crippen molar-refractivity contribution in [1.29, 1.82) is 0 Å². The average Bonchev–Trinajstić information content (AvgIpc) is 2.30. The van der Waals surface area contributed by atoms with E-state index in [1.54, 1.807) is 6.92 Å². The van der Waals surface area contributed by atoms with Crippen LogP contribution in [-0.4, -0.2) is 29.3 Å². The third-order valence-corrected chi connectivity index (χ3v) is 2.53. The van der Waals surface area contributed by atoms with Gasteiger partial charge in [0.25, 0.3) is 11.6 Å². The minimum Gasteiger partial charge on any atom is -0.338 e. The molecule has 0 bridgehead atoms. The Balaban J connectivity index is 3.22. The van der Waals surface area contributed by atoms with E-state index in [0.29, 0.717) is 0 Å². The Hall–Kier alpha value is -2.24. The zero-order valence-corrected chi connectivity index (χ0v) is 11.1. The predicted molar refractivity (Wildman–Crippen MR) is 69.6 cm³/mol. The number of amides is 1. The zero-order valence-electron chi connectivity index (χ0n) is 11.1. The van der Waals surface area contributed by atoms with Crippen LogP contribution < -0.4 is 0 Å². The van der Waals surface area contributed by atoms with Crippen LogP contribution in [0.15, 0.2) is 24.3 Å². The van der Waals surface area contributed by atoms with Crippen LogP contribution in [0.3, 0.4) is 0 Å². The van der Waals surface area contributed by atoms with E-state index >= 15 is 0 Å². The van der Waals surface area contributed by atoms with E-state index < -0.39 is 16.6 Å². The molecular formula is C13H15FN2O3. The van der Waals surface area contributed by atoms with Gasteiger partial charge in [0.05, 0.1) is 10.5 Å². The number of nitrogens with zero attached hydrogens (tertiary/aromatic N) is 2. The van der Waals surface area contributed by atoms with Crippen molar-refractivity contribution in [2.24, 2.45) is 0 Å². The third-order valence-electron chi connectivity index (χ3n) is 2.53. The van der Waals surface area contributed by atoms with Crippen LogP contribution in [-0.2, 0) is 0 Å². The molecule has 102 valence electrons. The van der Waals surface area contributed by atoms with Crippen molar-refractivity contribution in [3.63, 3.8) is 0 Å². The van der Waals surface area contributed by atoms with Gasteiger partial charge in [0.2, 0.25) is 0 Å². The lowest BCUT2D eigenvalue weighted by Gasteiger charge is -2.17. The maximum Gasteiger partial charge on any atom is 0.270 e. The van der Waals surface area contributed by atoms with Gasteiger partial charge in [-0.05, 0) is 19.4 Å². The summed E-state index contributed by atoms with van der Waals surface area (Å²) in [6.07, 6.45) is 0. The molecule has 0 heterocycles. The van der Waals surface area contributed by atoms with Crippen LogP contribution in [0.1, 0.15) is 22.8 Å². The Labute approximate surface area is 110 Å². The van der Waals surface area contributed by atoms with Crippen LogP contribution in [0.5, 0.6) is 0 Å². The summed E-state index contributed by atoms with van der Waals surface area (Å²) in [4.78, 5) is 23.4. The zero-order chi connectivity index (χ0) is 14.7. The molecule has 0 fully saturated rings. The first kappa shape index (κ1) is 14.8. The van der Waals surface area contributed by atoms with Gasteiger partial charge >= 0.3 is 0 Å². The highest BCUT2D eigenvalue weighted by molar-refractivity contribution is 5.95. The topological polar surface area (TPSA) is 63.5 Å². The number of halogens is 1. The Morgan fingerprint density at radius 1 is 1.53 bits per heavy atom. The van der Waals surface area contributed by atoms with E-state index in [-0.39, 0.29) is 23.4 Å². The van der Waals surface area contributed by atoms with Crippen molar-refractivity contribution in [2.45, 2.75) is 13.8 Å². The second-order valence-corrected chi connectivity index (χ2v) is 4.50. The summed E-state index contributed by atoms with van der Waals surface area (Å²) in [5.41, 5.74) is 0.209. The van der Waals surface area contributed by atoms with Gasteiger partial charge in [-0.25, -0.2) is 4.39 Å². The molecule has 1 aromatic carbocycles. The number of hydrogen-bond donors (Lipinski definition) is 0. The van der Waals surface area contributed by atoms with Gasteiger partial charge in [-0.15, -0.1) is 0 Å². The molecule has 1 aromatic rings. The smallest absolute Gasteiger partial charge is 0.270 e. The van der Waals surface area contributed by atoms with E-state index in [9.17, 15) is 19.3 Å². The Bertz CT molecular complexity index is 555. The summed E-state index contributed by atoms with van der Waals surface area (Å²) < 4.78 is 13.9. The number of benzene rings is 1. The lowest BCUT2D eigenvalue weighted by molar-refractivity contribution is -0.385. The third kappa shape index (κ3) is 3.37. The van der Waals surface area contributed by atoms with Gasteiger partial charge in [-0.2, -0.15) is 0 Å². The molecule has 0 saturated heterocycles. The van der Waals surface area contributed by atoms with Crippen molar-refractivity contribution in [1.82, 2.24) is 4.90 Å². The molecule has 5 nitrogen and oxygen atoms in total. The molecular weight excluding hydrogens is 251 g/mol. The molecule has 6 heteroatoms. The molecule has 19 heavy (non-hydrogen) atoms. The van der Waals surface area contributed by atoms with E-state index in [1.807, 2.05) is 0 Å². The largest absolute Gasteiger partial charge is 0.338 e. The van der Waals surface area contributed by atoms with Crippen molar-refractivity contribution in [3.05, 3.63) is 51.3 Å². The van der Waals surface area contributed by atoms with Crippen molar-refractivity contribution < 1.29 is 14.1 Å². The maximum absolute atomic E-state index is 13.9. The van der Waals surface area contributed by atoms with Gasteiger partial charge in [0.15, 0.2) is 0 Å². The summed E-state index contributed by atoms with van der Waals surface area (Å²) in [5.74, 6) is -1.34. The minimum absolute atomic E-state index is 0.0706. The fourth-order valence-corrected chi connectivity index (χ4v) is 1.69. The molecule has 0 saturated carbocycles. The first-order valence-corrected chi connectivity index (χ1v) is 5.58. The molecule has 0 aliphatic heterocycles. The fourth-order valence-electron chi connectivity index (χ4n) is 1.69. The average molecular weight is 266 g/mol. The van der Waals surface area contributed by atoms with Crippen molar-refractivity contribution in [3.8, 4) is 0 Å². The second-order valence-electron chi connectivity index (χ2n) is 4.50. The number of nitro groups is 1. The number of likely N-dealkylation sites (N-methyl/N-ethyl adjacent to an activating group) is 1. The van der Waals surface area contributed by atoms with Crippen LogP contribution in [0.2, 0.25) is 0 Å². The number of hydrogen-bond acceptors (Lipinski definition) is 3. The lowest BCUT2D eigenvalue weighted by atomic mass is 10.1. The highest BCUT2D eigenvalue weighted by Gasteiger charge is 2.22. The fraction of sp³-hybridized carbons (Fsp3) is 0.308. The molecule has 0 radical (unpaired) electrons. The normalized spacial score (nSPS) is 10.1. The predicted octanol–water partition coefficient (Wildman–Crippen LogP) is 2.69. The monoisotopic (exact) mass is 266 g/mol. The van der Waals surface area contributed by atoms with Crippen LogP contribution >= 0.6 is 0 Å². The number of aryl methyl sites for hydroxylation is 1. The standard InChI is InChI=1S/C13H15FN2O3/c1-8(2)7-15(4)13(17)11-6-10(16(18)19)5-9(3)12(11)14/h5-6H,1,7H2,2-4H3. The van der Waals surface area contributed by atoms with Crippen molar-refractivity contribution in [2.75, 3.05) is 13.6 Å². The summed E-state index contributed by atoms with van der Waals surface area (Å²) in [7, 11) is 1.49. The lowest BCUT2D eigenvalue weighted by Crippen LogP contribution is -2.29. The Kier molecular flexibility index (Phi) is 4.37. The number of non-ortho nitro benzene ring substituents is 1. The van der Waals surface area contributed by atoms with Crippen LogP contribution in [0, 0.1) is 22.9 Å². The Morgan fingerprint density at radius 2 is 2.11 bits per heavy atom. The second kappa shape index (κ2) is 5.60. The molecule has 0 unspecified atom stereocenters. The summed E-state index contributed by atoms with van der Waals surface area (Å²) in [5, 5.41) is 10.7. The van der Waals surface area contributed by atoms with Gasteiger partial charge < -0.3 is 4.90 Å². The summed E-state index contributed by atoms with van der Waals surface area (Å²) in [6, 6.07) is 2.06. The number of nitro benzene ring substituents is 1. The van der Waals surface area contributed by atoms with Gasteiger partial charge in [-0.3, -0.25) is 14.9 Å². The SMILES string of the molecule is C=C(C)CN(C)C(=O)c1cc([N+](=O)[O-])cc(C)c1F. The van der Waals surface area contributed by atoms with Gasteiger partial charge in [0, 0.05) is 25.7 Å².